The minimum Gasteiger partial charge on any atom is -0.379 e. The number of ether oxygens (including phenoxy) is 1. The van der Waals surface area contributed by atoms with Crippen molar-refractivity contribution in [1.82, 2.24) is 9.80 Å². The molecule has 0 radical (unpaired) electrons. The number of hydrogen-bond acceptors (Lipinski definition) is 4. The molecule has 0 aromatic carbocycles. The molecule has 0 bridgehead atoms. The van der Waals surface area contributed by atoms with Crippen LogP contribution >= 0.6 is 24.8 Å². The maximum absolute atomic E-state index is 5.96. The molecule has 2 aliphatic heterocycles. The van der Waals surface area contributed by atoms with E-state index in [1.54, 1.807) is 0 Å². The topological polar surface area (TPSA) is 41.7 Å². The summed E-state index contributed by atoms with van der Waals surface area (Å²) in [4.78, 5) is 5.11. The van der Waals surface area contributed by atoms with Gasteiger partial charge >= 0.3 is 0 Å². The van der Waals surface area contributed by atoms with Crippen LogP contribution in [0.4, 0.5) is 0 Å². The highest BCUT2D eigenvalue weighted by molar-refractivity contribution is 5.85. The van der Waals surface area contributed by atoms with Gasteiger partial charge in [-0.1, -0.05) is 0 Å². The Morgan fingerprint density at radius 3 is 1.95 bits per heavy atom. The van der Waals surface area contributed by atoms with E-state index in [0.29, 0.717) is 6.04 Å². The van der Waals surface area contributed by atoms with Crippen LogP contribution in [-0.2, 0) is 4.74 Å². The van der Waals surface area contributed by atoms with Gasteiger partial charge in [-0.25, -0.2) is 0 Å². The zero-order valence-corrected chi connectivity index (χ0v) is 13.6. The zero-order chi connectivity index (χ0) is 12.1. The summed E-state index contributed by atoms with van der Waals surface area (Å²) in [6.45, 7) is 11.1. The maximum atomic E-state index is 5.96. The van der Waals surface area contributed by atoms with Crippen LogP contribution in [-0.4, -0.2) is 68.3 Å². The minimum atomic E-state index is 0. The van der Waals surface area contributed by atoms with Crippen LogP contribution in [0.15, 0.2) is 0 Å². The summed E-state index contributed by atoms with van der Waals surface area (Å²) in [6, 6.07) is 0.372. The van der Waals surface area contributed by atoms with Gasteiger partial charge in [-0.3, -0.25) is 4.90 Å². The lowest BCUT2D eigenvalue weighted by atomic mass is 9.91. The maximum Gasteiger partial charge on any atom is 0.0594 e. The third kappa shape index (κ3) is 6.61. The van der Waals surface area contributed by atoms with Gasteiger partial charge in [0.1, 0.15) is 0 Å². The second-order valence-corrected chi connectivity index (χ2v) is 5.49. The van der Waals surface area contributed by atoms with E-state index in [4.69, 9.17) is 10.5 Å². The van der Waals surface area contributed by atoms with Crippen LogP contribution in [0.25, 0.3) is 0 Å². The van der Waals surface area contributed by atoms with E-state index in [1.807, 2.05) is 0 Å². The van der Waals surface area contributed by atoms with Gasteiger partial charge in [-0.15, -0.1) is 24.8 Å². The molecule has 0 saturated carbocycles. The van der Waals surface area contributed by atoms with Crippen molar-refractivity contribution in [3.05, 3.63) is 0 Å². The number of halogens is 2. The Hall–Kier alpha value is 0.420. The molecule has 0 aliphatic carbocycles. The van der Waals surface area contributed by atoms with E-state index in [9.17, 15) is 0 Å². The van der Waals surface area contributed by atoms with Crippen LogP contribution in [0.1, 0.15) is 19.8 Å². The normalized spacial score (nSPS) is 24.3. The third-order valence-corrected chi connectivity index (χ3v) is 4.21. The van der Waals surface area contributed by atoms with Crippen molar-refractivity contribution < 1.29 is 4.74 Å². The number of likely N-dealkylation sites (tertiary alicyclic amines) is 1. The fraction of sp³-hybridized carbons (Fsp3) is 1.00. The van der Waals surface area contributed by atoms with Crippen LogP contribution in [0.5, 0.6) is 0 Å². The van der Waals surface area contributed by atoms with Crippen molar-refractivity contribution >= 4 is 24.8 Å². The first kappa shape index (κ1) is 19.4. The van der Waals surface area contributed by atoms with E-state index in [-0.39, 0.29) is 24.8 Å². The van der Waals surface area contributed by atoms with Gasteiger partial charge in [0.25, 0.3) is 0 Å². The zero-order valence-electron chi connectivity index (χ0n) is 11.9. The Morgan fingerprint density at radius 1 is 1.00 bits per heavy atom. The summed E-state index contributed by atoms with van der Waals surface area (Å²) in [5.74, 6) is 0.745. The molecular weight excluding hydrogens is 285 g/mol. The summed E-state index contributed by atoms with van der Waals surface area (Å²) in [5.41, 5.74) is 5.96. The monoisotopic (exact) mass is 313 g/mol. The van der Waals surface area contributed by atoms with Gasteiger partial charge in [0.05, 0.1) is 13.2 Å². The first-order chi connectivity index (χ1) is 8.25. The van der Waals surface area contributed by atoms with Gasteiger partial charge in [0, 0.05) is 32.2 Å². The molecule has 0 amide bonds. The number of hydrogen-bond donors (Lipinski definition) is 1. The Balaban J connectivity index is 0.00000162. The highest BCUT2D eigenvalue weighted by Crippen LogP contribution is 2.19. The summed E-state index contributed by atoms with van der Waals surface area (Å²) < 4.78 is 5.36. The highest BCUT2D eigenvalue weighted by atomic mass is 35.5. The van der Waals surface area contributed by atoms with Crippen molar-refractivity contribution in [2.75, 3.05) is 52.5 Å². The van der Waals surface area contributed by atoms with Gasteiger partial charge in [-0.2, -0.15) is 0 Å². The Morgan fingerprint density at radius 2 is 1.47 bits per heavy atom. The van der Waals surface area contributed by atoms with E-state index in [2.05, 4.69) is 16.7 Å². The molecule has 2 heterocycles. The lowest BCUT2D eigenvalue weighted by molar-refractivity contribution is 0.0312. The summed E-state index contributed by atoms with van der Waals surface area (Å²) in [7, 11) is 0. The predicted molar refractivity (Wildman–Crippen MR) is 84.6 cm³/mol. The number of nitrogens with zero attached hydrogens (tertiary/aromatic N) is 2. The molecule has 0 aromatic heterocycles. The minimum absolute atomic E-state index is 0. The molecule has 4 nitrogen and oxygen atoms in total. The summed E-state index contributed by atoms with van der Waals surface area (Å²) in [5, 5.41) is 0. The number of nitrogens with two attached hydrogens (primary N) is 1. The molecule has 2 N–H and O–H groups in total. The second-order valence-electron chi connectivity index (χ2n) is 5.49. The molecule has 116 valence electrons. The number of piperidine rings is 1. The molecule has 1 unspecified atom stereocenters. The van der Waals surface area contributed by atoms with Crippen molar-refractivity contribution in [1.29, 1.82) is 0 Å². The highest BCUT2D eigenvalue weighted by Gasteiger charge is 2.22. The van der Waals surface area contributed by atoms with Gasteiger partial charge in [-0.05, 0) is 38.8 Å². The second kappa shape index (κ2) is 10.2. The van der Waals surface area contributed by atoms with E-state index < -0.39 is 0 Å². The largest absolute Gasteiger partial charge is 0.379 e. The Kier molecular flexibility index (Phi) is 10.4. The van der Waals surface area contributed by atoms with Crippen molar-refractivity contribution in [3.8, 4) is 0 Å². The molecule has 19 heavy (non-hydrogen) atoms. The van der Waals surface area contributed by atoms with E-state index >= 15 is 0 Å². The third-order valence-electron chi connectivity index (χ3n) is 4.21. The van der Waals surface area contributed by atoms with Crippen molar-refractivity contribution in [3.63, 3.8) is 0 Å². The van der Waals surface area contributed by atoms with Crippen LogP contribution in [0, 0.1) is 5.92 Å². The standard InChI is InChI=1S/C13H27N3O.2ClH/c1-12(14)13-2-4-15(5-3-13)6-7-16-8-10-17-11-9-16;;/h12-13H,2-11,14H2,1H3;2*1H. The van der Waals surface area contributed by atoms with Crippen molar-refractivity contribution in [2.24, 2.45) is 11.7 Å². The number of morpholine rings is 1. The summed E-state index contributed by atoms with van der Waals surface area (Å²) in [6.07, 6.45) is 2.56. The van der Waals surface area contributed by atoms with Crippen LogP contribution in [0.3, 0.4) is 0 Å². The molecule has 0 aromatic rings. The Bertz CT molecular complexity index is 218. The SMILES string of the molecule is CC(N)C1CCN(CCN2CCOCC2)CC1.Cl.Cl. The van der Waals surface area contributed by atoms with E-state index in [1.165, 1.54) is 39.0 Å². The molecule has 2 rings (SSSR count). The average molecular weight is 314 g/mol. The molecule has 0 spiro atoms. The number of rotatable bonds is 4. The molecule has 2 fully saturated rings. The average Bonchev–Trinajstić information content (AvgIpc) is 2.38. The fourth-order valence-corrected chi connectivity index (χ4v) is 2.81. The van der Waals surface area contributed by atoms with Crippen LogP contribution < -0.4 is 5.73 Å². The Labute approximate surface area is 129 Å². The van der Waals surface area contributed by atoms with E-state index in [0.717, 1.165) is 32.2 Å². The first-order valence-electron chi connectivity index (χ1n) is 7.04. The molecule has 2 aliphatic rings. The molecule has 1 atom stereocenters. The predicted octanol–water partition coefficient (Wildman–Crippen LogP) is 1.22. The fourth-order valence-electron chi connectivity index (χ4n) is 2.81. The van der Waals surface area contributed by atoms with Gasteiger partial charge in [0.2, 0.25) is 0 Å². The van der Waals surface area contributed by atoms with Crippen LogP contribution in [0.2, 0.25) is 0 Å². The smallest absolute Gasteiger partial charge is 0.0594 e. The summed E-state index contributed by atoms with van der Waals surface area (Å²) >= 11 is 0. The van der Waals surface area contributed by atoms with Gasteiger partial charge < -0.3 is 15.4 Å². The van der Waals surface area contributed by atoms with Gasteiger partial charge in [0.15, 0.2) is 0 Å². The quantitative estimate of drug-likeness (QED) is 0.847. The molecule has 2 saturated heterocycles. The molecule has 6 heteroatoms. The lowest BCUT2D eigenvalue weighted by Crippen LogP contribution is -2.45. The molecular formula is C13H29Cl2N3O. The lowest BCUT2D eigenvalue weighted by Gasteiger charge is -2.35. The van der Waals surface area contributed by atoms with Crippen molar-refractivity contribution in [2.45, 2.75) is 25.8 Å². The first-order valence-corrected chi connectivity index (χ1v) is 7.04.